The molecule has 1 saturated heterocycles. The van der Waals surface area contributed by atoms with E-state index in [1.54, 1.807) is 12.0 Å². The quantitative estimate of drug-likeness (QED) is 0.868. The standard InChI is InChI=1S/C19H27NO4/c1-13(2)19(18(22)23)9-10-20(12-19)17(21)11-14(3)15-5-7-16(24-4)8-6-15/h5-8,13-14H,9-12H2,1-4H3,(H,22,23). The van der Waals surface area contributed by atoms with Gasteiger partial charge in [-0.1, -0.05) is 32.9 Å². The molecule has 1 aliphatic rings. The van der Waals surface area contributed by atoms with E-state index >= 15 is 0 Å². The molecule has 5 heteroatoms. The highest BCUT2D eigenvalue weighted by Crippen LogP contribution is 2.38. The summed E-state index contributed by atoms with van der Waals surface area (Å²) in [5.74, 6) is 0.118. The van der Waals surface area contributed by atoms with Crippen LogP contribution in [0.15, 0.2) is 24.3 Å². The maximum atomic E-state index is 12.6. The van der Waals surface area contributed by atoms with Crippen molar-refractivity contribution in [2.45, 2.75) is 39.5 Å². The summed E-state index contributed by atoms with van der Waals surface area (Å²) in [4.78, 5) is 26.0. The van der Waals surface area contributed by atoms with Crippen LogP contribution in [0.4, 0.5) is 0 Å². The second kappa shape index (κ2) is 7.24. The van der Waals surface area contributed by atoms with Gasteiger partial charge in [0.15, 0.2) is 0 Å². The SMILES string of the molecule is COc1ccc(C(C)CC(=O)N2CCC(C(=O)O)(C(C)C)C2)cc1. The summed E-state index contributed by atoms with van der Waals surface area (Å²) in [7, 11) is 1.62. The maximum absolute atomic E-state index is 12.6. The van der Waals surface area contributed by atoms with Crippen LogP contribution >= 0.6 is 0 Å². The Morgan fingerprint density at radius 3 is 2.33 bits per heavy atom. The Hall–Kier alpha value is -2.04. The molecule has 1 aliphatic heterocycles. The van der Waals surface area contributed by atoms with E-state index in [4.69, 9.17) is 4.74 Å². The fraction of sp³-hybridized carbons (Fsp3) is 0.579. The van der Waals surface area contributed by atoms with Gasteiger partial charge < -0.3 is 14.7 Å². The zero-order valence-electron chi connectivity index (χ0n) is 14.9. The highest BCUT2D eigenvalue weighted by Gasteiger charge is 2.48. The van der Waals surface area contributed by atoms with Crippen LogP contribution in [0.2, 0.25) is 0 Å². The fourth-order valence-electron chi connectivity index (χ4n) is 3.38. The van der Waals surface area contributed by atoms with Gasteiger partial charge in [-0.3, -0.25) is 9.59 Å². The molecular weight excluding hydrogens is 306 g/mol. The summed E-state index contributed by atoms with van der Waals surface area (Å²) in [6.07, 6.45) is 0.919. The zero-order valence-corrected chi connectivity index (χ0v) is 14.9. The number of amides is 1. The predicted molar refractivity (Wildman–Crippen MR) is 92.1 cm³/mol. The molecule has 1 N–H and O–H groups in total. The molecule has 2 unspecified atom stereocenters. The molecule has 1 fully saturated rings. The van der Waals surface area contributed by atoms with E-state index in [1.165, 1.54) is 0 Å². The summed E-state index contributed by atoms with van der Waals surface area (Å²) in [5.41, 5.74) is 0.274. The third kappa shape index (κ3) is 3.55. The van der Waals surface area contributed by atoms with E-state index in [-0.39, 0.29) is 17.7 Å². The van der Waals surface area contributed by atoms with Gasteiger partial charge in [-0.25, -0.2) is 0 Å². The van der Waals surface area contributed by atoms with E-state index in [1.807, 2.05) is 45.0 Å². The van der Waals surface area contributed by atoms with Crippen molar-refractivity contribution in [2.75, 3.05) is 20.2 Å². The predicted octanol–water partition coefficient (Wildman–Crippen LogP) is 3.15. The van der Waals surface area contributed by atoms with E-state index in [0.29, 0.717) is 25.9 Å². The molecule has 0 aromatic heterocycles. The van der Waals surface area contributed by atoms with Gasteiger partial charge in [-0.2, -0.15) is 0 Å². The number of carbonyl (C=O) groups is 2. The van der Waals surface area contributed by atoms with Crippen molar-refractivity contribution in [2.24, 2.45) is 11.3 Å². The first-order chi connectivity index (χ1) is 11.3. The van der Waals surface area contributed by atoms with Gasteiger partial charge in [-0.05, 0) is 36.0 Å². The van der Waals surface area contributed by atoms with E-state index < -0.39 is 11.4 Å². The molecule has 1 aromatic carbocycles. The number of hydrogen-bond donors (Lipinski definition) is 1. The lowest BCUT2D eigenvalue weighted by atomic mass is 9.76. The molecule has 1 aromatic rings. The molecule has 0 saturated carbocycles. The summed E-state index contributed by atoms with van der Waals surface area (Å²) in [6, 6.07) is 7.72. The normalized spacial score (nSPS) is 21.8. The molecule has 2 atom stereocenters. The van der Waals surface area contributed by atoms with Crippen LogP contribution in [0.5, 0.6) is 5.75 Å². The van der Waals surface area contributed by atoms with Gasteiger partial charge >= 0.3 is 5.97 Å². The van der Waals surface area contributed by atoms with Gasteiger partial charge in [0.25, 0.3) is 0 Å². The minimum absolute atomic E-state index is 0.00631. The molecule has 0 bridgehead atoms. The first-order valence-electron chi connectivity index (χ1n) is 8.45. The summed E-state index contributed by atoms with van der Waals surface area (Å²) in [6.45, 7) is 6.69. The Morgan fingerprint density at radius 2 is 1.88 bits per heavy atom. The van der Waals surface area contributed by atoms with Gasteiger partial charge in [0, 0.05) is 19.5 Å². The Kier molecular flexibility index (Phi) is 5.52. The minimum atomic E-state index is -0.807. The smallest absolute Gasteiger partial charge is 0.311 e. The Bertz CT molecular complexity index is 596. The first-order valence-corrected chi connectivity index (χ1v) is 8.45. The lowest BCUT2D eigenvalue weighted by Crippen LogP contribution is -2.40. The Labute approximate surface area is 143 Å². The van der Waals surface area contributed by atoms with Crippen molar-refractivity contribution in [1.29, 1.82) is 0 Å². The summed E-state index contributed by atoms with van der Waals surface area (Å²) < 4.78 is 5.15. The molecule has 1 heterocycles. The number of ether oxygens (including phenoxy) is 1. The number of rotatable bonds is 6. The molecule has 0 aliphatic carbocycles. The van der Waals surface area contributed by atoms with Crippen molar-refractivity contribution in [1.82, 2.24) is 4.90 Å². The summed E-state index contributed by atoms with van der Waals surface area (Å²) >= 11 is 0. The largest absolute Gasteiger partial charge is 0.497 e. The summed E-state index contributed by atoms with van der Waals surface area (Å²) in [5, 5.41) is 9.59. The van der Waals surface area contributed by atoms with Crippen molar-refractivity contribution in [3.05, 3.63) is 29.8 Å². The number of likely N-dealkylation sites (tertiary alicyclic amines) is 1. The van der Waals surface area contributed by atoms with Crippen molar-refractivity contribution >= 4 is 11.9 Å². The van der Waals surface area contributed by atoms with E-state index in [0.717, 1.165) is 11.3 Å². The number of methoxy groups -OCH3 is 1. The van der Waals surface area contributed by atoms with Crippen LogP contribution in [0.1, 0.15) is 45.1 Å². The van der Waals surface area contributed by atoms with Gasteiger partial charge in [0.2, 0.25) is 5.91 Å². The van der Waals surface area contributed by atoms with Crippen LogP contribution in [0.25, 0.3) is 0 Å². The first kappa shape index (κ1) is 18.3. The molecule has 132 valence electrons. The molecule has 5 nitrogen and oxygen atoms in total. The van der Waals surface area contributed by atoms with Gasteiger partial charge in [0.05, 0.1) is 12.5 Å². The van der Waals surface area contributed by atoms with Gasteiger partial charge in [-0.15, -0.1) is 0 Å². The number of benzene rings is 1. The number of carboxylic acids is 1. The number of hydrogen-bond acceptors (Lipinski definition) is 3. The van der Waals surface area contributed by atoms with Gasteiger partial charge in [0.1, 0.15) is 5.75 Å². The monoisotopic (exact) mass is 333 g/mol. The Balaban J connectivity index is 2.01. The molecule has 2 rings (SSSR count). The second-order valence-electron chi connectivity index (χ2n) is 7.06. The van der Waals surface area contributed by atoms with Crippen LogP contribution in [-0.2, 0) is 9.59 Å². The fourth-order valence-corrected chi connectivity index (χ4v) is 3.38. The maximum Gasteiger partial charge on any atom is 0.311 e. The van der Waals surface area contributed by atoms with E-state index in [9.17, 15) is 14.7 Å². The highest BCUT2D eigenvalue weighted by atomic mass is 16.5. The van der Waals surface area contributed by atoms with Crippen molar-refractivity contribution in [3.8, 4) is 5.75 Å². The van der Waals surface area contributed by atoms with E-state index in [2.05, 4.69) is 0 Å². The third-order valence-electron chi connectivity index (χ3n) is 5.35. The molecule has 1 amide bonds. The number of nitrogens with zero attached hydrogens (tertiary/aromatic N) is 1. The van der Waals surface area contributed by atoms with Crippen LogP contribution in [-0.4, -0.2) is 42.1 Å². The van der Waals surface area contributed by atoms with Crippen molar-refractivity contribution in [3.63, 3.8) is 0 Å². The van der Waals surface area contributed by atoms with Crippen LogP contribution < -0.4 is 4.74 Å². The number of aliphatic carboxylic acids is 1. The third-order valence-corrected chi connectivity index (χ3v) is 5.35. The number of carbonyl (C=O) groups excluding carboxylic acids is 1. The minimum Gasteiger partial charge on any atom is -0.497 e. The van der Waals surface area contributed by atoms with Crippen molar-refractivity contribution < 1.29 is 19.4 Å². The highest BCUT2D eigenvalue weighted by molar-refractivity contribution is 5.81. The van der Waals surface area contributed by atoms with Crippen LogP contribution in [0, 0.1) is 11.3 Å². The number of carboxylic acid groups (broad SMARTS) is 1. The topological polar surface area (TPSA) is 66.8 Å². The second-order valence-corrected chi connectivity index (χ2v) is 7.06. The Morgan fingerprint density at radius 1 is 1.25 bits per heavy atom. The lowest BCUT2D eigenvalue weighted by Gasteiger charge is -2.29. The average molecular weight is 333 g/mol. The molecule has 0 spiro atoms. The molecular formula is C19H27NO4. The molecule has 0 radical (unpaired) electrons. The lowest BCUT2D eigenvalue weighted by molar-refractivity contribution is -0.151. The molecule has 24 heavy (non-hydrogen) atoms. The zero-order chi connectivity index (χ0) is 17.9. The average Bonchev–Trinajstić information content (AvgIpc) is 3.02. The van der Waals surface area contributed by atoms with Crippen LogP contribution in [0.3, 0.4) is 0 Å².